The van der Waals surface area contributed by atoms with Crippen LogP contribution in [-0.4, -0.2) is 27.6 Å². The van der Waals surface area contributed by atoms with E-state index in [1.807, 2.05) is 7.05 Å². The van der Waals surface area contributed by atoms with Crippen molar-refractivity contribution in [3.63, 3.8) is 0 Å². The number of aromatic nitrogens is 1. The van der Waals surface area contributed by atoms with E-state index in [-0.39, 0.29) is 5.03 Å². The van der Waals surface area contributed by atoms with Gasteiger partial charge in [-0.15, -0.1) is 0 Å². The molecule has 0 amide bonds. The van der Waals surface area contributed by atoms with Crippen molar-refractivity contribution < 1.29 is 13.2 Å². The molecular formula is C14H17N3O3S. The number of sulfonamides is 1. The van der Waals surface area contributed by atoms with Crippen molar-refractivity contribution in [3.8, 4) is 5.75 Å². The highest BCUT2D eigenvalue weighted by atomic mass is 32.2. The zero-order valence-corrected chi connectivity index (χ0v) is 12.6. The second kappa shape index (κ2) is 6.55. The van der Waals surface area contributed by atoms with E-state index >= 15 is 0 Å². The van der Waals surface area contributed by atoms with Crippen LogP contribution < -0.4 is 14.8 Å². The lowest BCUT2D eigenvalue weighted by atomic mass is 10.3. The van der Waals surface area contributed by atoms with Crippen LogP contribution >= 0.6 is 0 Å². The van der Waals surface area contributed by atoms with E-state index in [1.54, 1.807) is 43.6 Å². The Bertz CT molecular complexity index is 682. The summed E-state index contributed by atoms with van der Waals surface area (Å²) < 4.78 is 31.9. The number of nitrogens with one attached hydrogen (secondary N) is 2. The van der Waals surface area contributed by atoms with Crippen molar-refractivity contribution in [1.29, 1.82) is 0 Å². The second-order valence-electron chi connectivity index (χ2n) is 4.37. The fourth-order valence-electron chi connectivity index (χ4n) is 1.75. The lowest BCUT2D eigenvalue weighted by Crippen LogP contribution is -2.15. The van der Waals surface area contributed by atoms with E-state index in [0.29, 0.717) is 18.0 Å². The minimum Gasteiger partial charge on any atom is -0.497 e. The van der Waals surface area contributed by atoms with Crippen LogP contribution in [0, 0.1) is 0 Å². The Morgan fingerprint density at radius 1 is 1.14 bits per heavy atom. The summed E-state index contributed by atoms with van der Waals surface area (Å²) in [6, 6.07) is 9.84. The summed E-state index contributed by atoms with van der Waals surface area (Å²) in [7, 11) is -0.320. The molecule has 0 radical (unpaired) electrons. The number of hydrogen-bond acceptors (Lipinski definition) is 5. The molecule has 0 aliphatic rings. The molecule has 0 aliphatic heterocycles. The van der Waals surface area contributed by atoms with Crippen LogP contribution in [0.2, 0.25) is 0 Å². The van der Waals surface area contributed by atoms with Crippen LogP contribution in [-0.2, 0) is 16.6 Å². The van der Waals surface area contributed by atoms with Gasteiger partial charge in [-0.3, -0.25) is 4.72 Å². The summed E-state index contributed by atoms with van der Waals surface area (Å²) in [6.45, 7) is 0.638. The Balaban J connectivity index is 2.16. The lowest BCUT2D eigenvalue weighted by Gasteiger charge is -2.08. The number of hydrogen-bond donors (Lipinski definition) is 2. The molecule has 2 aromatic rings. The van der Waals surface area contributed by atoms with Crippen LogP contribution in [0.4, 0.5) is 5.69 Å². The van der Waals surface area contributed by atoms with Gasteiger partial charge in [0.15, 0.2) is 5.03 Å². The summed E-state index contributed by atoms with van der Waals surface area (Å²) >= 11 is 0. The summed E-state index contributed by atoms with van der Waals surface area (Å²) in [4.78, 5) is 3.98. The number of ether oxygens (including phenoxy) is 1. The van der Waals surface area contributed by atoms with E-state index < -0.39 is 10.0 Å². The molecular weight excluding hydrogens is 290 g/mol. The van der Waals surface area contributed by atoms with E-state index in [9.17, 15) is 8.42 Å². The Labute approximate surface area is 124 Å². The van der Waals surface area contributed by atoms with Crippen molar-refractivity contribution in [1.82, 2.24) is 10.3 Å². The van der Waals surface area contributed by atoms with Crippen LogP contribution in [0.3, 0.4) is 0 Å². The predicted molar refractivity (Wildman–Crippen MR) is 80.8 cm³/mol. The summed E-state index contributed by atoms with van der Waals surface area (Å²) in [5.74, 6) is 0.660. The number of anilines is 1. The zero-order chi connectivity index (χ0) is 15.3. The summed E-state index contributed by atoms with van der Waals surface area (Å²) in [6.07, 6.45) is 1.54. The number of benzene rings is 1. The molecule has 2 N–H and O–H groups in total. The van der Waals surface area contributed by atoms with Gasteiger partial charge in [-0.25, -0.2) is 4.98 Å². The highest BCUT2D eigenvalue weighted by Crippen LogP contribution is 2.18. The van der Waals surface area contributed by atoms with Crippen molar-refractivity contribution >= 4 is 15.7 Å². The van der Waals surface area contributed by atoms with E-state index in [1.165, 1.54) is 6.07 Å². The smallest absolute Gasteiger partial charge is 0.279 e. The Hall–Kier alpha value is -2.12. The minimum atomic E-state index is -3.69. The monoisotopic (exact) mass is 307 g/mol. The van der Waals surface area contributed by atoms with Gasteiger partial charge in [0.05, 0.1) is 7.11 Å². The first-order valence-electron chi connectivity index (χ1n) is 6.31. The van der Waals surface area contributed by atoms with Gasteiger partial charge in [0.25, 0.3) is 10.0 Å². The zero-order valence-electron chi connectivity index (χ0n) is 11.8. The predicted octanol–water partition coefficient (Wildman–Crippen LogP) is 1.61. The van der Waals surface area contributed by atoms with E-state index in [4.69, 9.17) is 4.74 Å². The molecule has 1 aromatic carbocycles. The highest BCUT2D eigenvalue weighted by molar-refractivity contribution is 7.92. The van der Waals surface area contributed by atoms with Crippen molar-refractivity contribution in [2.75, 3.05) is 18.9 Å². The standard InChI is InChI=1S/C14H17N3O3S/c1-15-9-11-3-8-14(16-10-11)21(18,19)17-12-4-6-13(20-2)7-5-12/h3-8,10,15,17H,9H2,1-2H3. The number of nitrogens with zero attached hydrogens (tertiary/aromatic N) is 1. The first-order valence-corrected chi connectivity index (χ1v) is 7.80. The number of methoxy groups -OCH3 is 1. The molecule has 2 rings (SSSR count). The largest absolute Gasteiger partial charge is 0.497 e. The van der Waals surface area contributed by atoms with Crippen molar-refractivity contribution in [3.05, 3.63) is 48.2 Å². The van der Waals surface area contributed by atoms with Gasteiger partial charge >= 0.3 is 0 Å². The topological polar surface area (TPSA) is 80.3 Å². The average molecular weight is 307 g/mol. The maximum Gasteiger partial charge on any atom is 0.279 e. The lowest BCUT2D eigenvalue weighted by molar-refractivity contribution is 0.415. The van der Waals surface area contributed by atoms with Gasteiger partial charge < -0.3 is 10.1 Å². The highest BCUT2D eigenvalue weighted by Gasteiger charge is 2.15. The van der Waals surface area contributed by atoms with Crippen LogP contribution in [0.5, 0.6) is 5.75 Å². The SMILES string of the molecule is CNCc1ccc(S(=O)(=O)Nc2ccc(OC)cc2)nc1. The van der Waals surface area contributed by atoms with Gasteiger partial charge in [0, 0.05) is 18.4 Å². The Morgan fingerprint density at radius 2 is 1.86 bits per heavy atom. The van der Waals surface area contributed by atoms with Gasteiger partial charge in [0.1, 0.15) is 5.75 Å². The molecule has 1 heterocycles. The molecule has 0 spiro atoms. The van der Waals surface area contributed by atoms with Crippen LogP contribution in [0.25, 0.3) is 0 Å². The number of pyridine rings is 1. The molecule has 0 saturated carbocycles. The molecule has 0 aliphatic carbocycles. The molecule has 0 atom stereocenters. The summed E-state index contributed by atoms with van der Waals surface area (Å²) in [5, 5.41) is 2.96. The van der Waals surface area contributed by atoms with Gasteiger partial charge in [-0.1, -0.05) is 6.07 Å². The summed E-state index contributed by atoms with van der Waals surface area (Å²) in [5.41, 5.74) is 1.37. The molecule has 21 heavy (non-hydrogen) atoms. The van der Waals surface area contributed by atoms with E-state index in [0.717, 1.165) is 5.56 Å². The molecule has 0 fully saturated rings. The Morgan fingerprint density at radius 3 is 2.38 bits per heavy atom. The molecule has 112 valence electrons. The van der Waals surface area contributed by atoms with Gasteiger partial charge in [-0.05, 0) is 42.9 Å². The first kappa shape index (κ1) is 15.3. The third kappa shape index (κ3) is 3.93. The van der Waals surface area contributed by atoms with Crippen molar-refractivity contribution in [2.45, 2.75) is 11.6 Å². The number of rotatable bonds is 6. The van der Waals surface area contributed by atoms with Crippen molar-refractivity contribution in [2.24, 2.45) is 0 Å². The molecule has 1 aromatic heterocycles. The van der Waals surface area contributed by atoms with Crippen LogP contribution in [0.1, 0.15) is 5.56 Å². The first-order chi connectivity index (χ1) is 10.0. The molecule has 0 unspecified atom stereocenters. The second-order valence-corrected chi connectivity index (χ2v) is 6.00. The molecule has 0 saturated heterocycles. The third-order valence-electron chi connectivity index (χ3n) is 2.80. The third-order valence-corrected chi connectivity index (χ3v) is 4.09. The van der Waals surface area contributed by atoms with Crippen LogP contribution in [0.15, 0.2) is 47.6 Å². The Kier molecular flexibility index (Phi) is 4.77. The molecule has 6 nitrogen and oxygen atoms in total. The normalized spacial score (nSPS) is 11.1. The maximum atomic E-state index is 12.2. The quantitative estimate of drug-likeness (QED) is 0.847. The fourth-order valence-corrected chi connectivity index (χ4v) is 2.73. The fraction of sp³-hybridized carbons (Fsp3) is 0.214. The van der Waals surface area contributed by atoms with E-state index in [2.05, 4.69) is 15.0 Å². The average Bonchev–Trinajstić information content (AvgIpc) is 2.48. The minimum absolute atomic E-state index is 0.0156. The van der Waals surface area contributed by atoms with Gasteiger partial charge in [-0.2, -0.15) is 8.42 Å². The molecule has 7 heteroatoms. The van der Waals surface area contributed by atoms with Gasteiger partial charge in [0.2, 0.25) is 0 Å². The molecule has 0 bridgehead atoms. The maximum absolute atomic E-state index is 12.2.